The van der Waals surface area contributed by atoms with Crippen molar-refractivity contribution in [3.05, 3.63) is 53.3 Å². The third kappa shape index (κ3) is 4.54. The van der Waals surface area contributed by atoms with Gasteiger partial charge in [-0.15, -0.1) is 0 Å². The minimum Gasteiger partial charge on any atom is -0.486 e. The molecule has 1 aliphatic heterocycles. The largest absolute Gasteiger partial charge is 0.486 e. The highest BCUT2D eigenvalue weighted by Crippen LogP contribution is 2.32. The number of hydrogen-bond acceptors (Lipinski definition) is 3. The summed E-state index contributed by atoms with van der Waals surface area (Å²) in [7, 11) is 0. The lowest BCUT2D eigenvalue weighted by molar-refractivity contribution is -0.137. The number of benzene rings is 2. The number of nitrogens with one attached hydrogen (secondary N) is 2. The monoisotopic (exact) mass is 386 g/mol. The van der Waals surface area contributed by atoms with Crippen molar-refractivity contribution in [2.45, 2.75) is 12.7 Å². The molecule has 2 aromatic rings. The highest BCUT2D eigenvalue weighted by atomic mass is 32.1. The summed E-state index contributed by atoms with van der Waals surface area (Å²) >= 11 is 5.12. The molecule has 0 atom stereocenters. The fraction of sp³-hybridized carbons (Fsp3) is 0.235. The van der Waals surface area contributed by atoms with Gasteiger partial charge in [-0.3, -0.25) is 0 Å². The van der Waals surface area contributed by atoms with Crippen LogP contribution < -0.4 is 20.1 Å². The lowest BCUT2D eigenvalue weighted by atomic mass is 10.1. The third-order valence-corrected chi connectivity index (χ3v) is 3.78. The van der Waals surface area contributed by atoms with Crippen LogP contribution in [0.4, 0.5) is 23.2 Å². The van der Waals surface area contributed by atoms with Gasteiger partial charge >= 0.3 is 6.18 Å². The number of rotatable bonds is 3. The first-order valence-corrected chi connectivity index (χ1v) is 8.03. The van der Waals surface area contributed by atoms with Gasteiger partial charge in [0.25, 0.3) is 0 Å². The first-order chi connectivity index (χ1) is 12.3. The van der Waals surface area contributed by atoms with Gasteiger partial charge in [-0.2, -0.15) is 13.2 Å². The maximum absolute atomic E-state index is 13.4. The van der Waals surface area contributed by atoms with Gasteiger partial charge in [0.15, 0.2) is 16.6 Å². The minimum atomic E-state index is -4.61. The molecule has 0 spiro atoms. The Kier molecular flexibility index (Phi) is 5.17. The molecule has 2 N–H and O–H groups in total. The smallest absolute Gasteiger partial charge is 0.416 e. The second-order valence-corrected chi connectivity index (χ2v) is 5.92. The second kappa shape index (κ2) is 7.36. The Morgan fingerprint density at radius 1 is 1.04 bits per heavy atom. The van der Waals surface area contributed by atoms with Crippen molar-refractivity contribution in [1.29, 1.82) is 0 Å². The van der Waals surface area contributed by atoms with E-state index in [9.17, 15) is 17.6 Å². The van der Waals surface area contributed by atoms with Crippen LogP contribution in [-0.2, 0) is 12.7 Å². The van der Waals surface area contributed by atoms with E-state index in [1.54, 1.807) is 18.2 Å². The molecule has 0 fully saturated rings. The zero-order chi connectivity index (χ0) is 18.7. The van der Waals surface area contributed by atoms with Crippen LogP contribution in [0.2, 0.25) is 0 Å². The number of hydrogen-bond donors (Lipinski definition) is 2. The maximum Gasteiger partial charge on any atom is 0.416 e. The van der Waals surface area contributed by atoms with Crippen molar-refractivity contribution in [3.63, 3.8) is 0 Å². The van der Waals surface area contributed by atoms with Crippen molar-refractivity contribution in [1.82, 2.24) is 5.32 Å². The quantitative estimate of drug-likeness (QED) is 0.614. The standard InChI is InChI=1S/C17H14F4N2O2S/c18-12-6-10(5-11(7-12)17(19,20)21)9-22-16(26)23-13-1-2-14-15(8-13)25-4-3-24-14/h1-2,5-8H,3-4,9H2,(H2,22,23,26). The molecule has 138 valence electrons. The average Bonchev–Trinajstić information content (AvgIpc) is 2.59. The Morgan fingerprint density at radius 3 is 2.50 bits per heavy atom. The first kappa shape index (κ1) is 18.2. The second-order valence-electron chi connectivity index (χ2n) is 5.51. The van der Waals surface area contributed by atoms with Gasteiger partial charge in [-0.05, 0) is 48.1 Å². The topological polar surface area (TPSA) is 42.5 Å². The molecule has 0 unspecified atom stereocenters. The molecule has 1 heterocycles. The SMILES string of the molecule is Fc1cc(CNC(=S)Nc2ccc3c(c2)OCCO3)cc(C(F)(F)F)c1. The lowest BCUT2D eigenvalue weighted by Gasteiger charge is -2.19. The molecular formula is C17H14F4N2O2S. The van der Waals surface area contributed by atoms with Crippen LogP contribution in [-0.4, -0.2) is 18.3 Å². The van der Waals surface area contributed by atoms with Crippen LogP contribution >= 0.6 is 12.2 Å². The summed E-state index contributed by atoms with van der Waals surface area (Å²) in [6.45, 7) is 0.866. The van der Waals surface area contributed by atoms with E-state index >= 15 is 0 Å². The third-order valence-electron chi connectivity index (χ3n) is 3.54. The van der Waals surface area contributed by atoms with Gasteiger partial charge < -0.3 is 20.1 Å². The molecule has 26 heavy (non-hydrogen) atoms. The lowest BCUT2D eigenvalue weighted by Crippen LogP contribution is -2.28. The summed E-state index contributed by atoms with van der Waals surface area (Å²) in [5.74, 6) is 0.242. The van der Waals surface area contributed by atoms with E-state index in [1.165, 1.54) is 0 Å². The van der Waals surface area contributed by atoms with E-state index in [-0.39, 0.29) is 17.2 Å². The number of thiocarbonyl (C=S) groups is 1. The molecule has 1 aliphatic rings. The molecule has 0 aromatic heterocycles. The van der Waals surface area contributed by atoms with Crippen LogP contribution in [0.1, 0.15) is 11.1 Å². The first-order valence-electron chi connectivity index (χ1n) is 7.62. The summed E-state index contributed by atoms with van der Waals surface area (Å²) < 4.78 is 62.4. The van der Waals surface area contributed by atoms with E-state index in [4.69, 9.17) is 21.7 Å². The molecule has 9 heteroatoms. The molecule has 0 aliphatic carbocycles. The van der Waals surface area contributed by atoms with Crippen LogP contribution in [0, 0.1) is 5.82 Å². The van der Waals surface area contributed by atoms with Crippen molar-refractivity contribution in [2.75, 3.05) is 18.5 Å². The minimum absolute atomic E-state index is 0.0583. The zero-order valence-corrected chi connectivity index (χ0v) is 14.1. The van der Waals surface area contributed by atoms with Crippen molar-refractivity contribution < 1.29 is 27.0 Å². The normalized spacial score (nSPS) is 13.2. The zero-order valence-electron chi connectivity index (χ0n) is 13.3. The molecule has 0 amide bonds. The number of fused-ring (bicyclic) bond motifs is 1. The van der Waals surface area contributed by atoms with Gasteiger partial charge in [-0.25, -0.2) is 4.39 Å². The highest BCUT2D eigenvalue weighted by molar-refractivity contribution is 7.80. The molecule has 0 saturated carbocycles. The van der Waals surface area contributed by atoms with Crippen molar-refractivity contribution in [2.24, 2.45) is 0 Å². The fourth-order valence-electron chi connectivity index (χ4n) is 2.39. The summed E-state index contributed by atoms with van der Waals surface area (Å²) in [5, 5.41) is 5.82. The van der Waals surface area contributed by atoms with Crippen LogP contribution in [0.15, 0.2) is 36.4 Å². The molecule has 2 aromatic carbocycles. The van der Waals surface area contributed by atoms with E-state index in [0.717, 1.165) is 12.1 Å². The molecule has 4 nitrogen and oxygen atoms in total. The predicted molar refractivity (Wildman–Crippen MR) is 91.9 cm³/mol. The van der Waals surface area contributed by atoms with Crippen LogP contribution in [0.25, 0.3) is 0 Å². The molecule has 0 bridgehead atoms. The van der Waals surface area contributed by atoms with E-state index < -0.39 is 17.6 Å². The number of halogens is 4. The highest BCUT2D eigenvalue weighted by Gasteiger charge is 2.31. The summed E-state index contributed by atoms with van der Waals surface area (Å²) in [6, 6.07) is 7.51. The Labute approximate surface area is 152 Å². The molecule has 0 radical (unpaired) electrons. The summed E-state index contributed by atoms with van der Waals surface area (Å²) in [6.07, 6.45) is -4.61. The maximum atomic E-state index is 13.4. The van der Waals surface area contributed by atoms with Crippen LogP contribution in [0.3, 0.4) is 0 Å². The average molecular weight is 386 g/mol. The number of ether oxygens (including phenoxy) is 2. The van der Waals surface area contributed by atoms with Gasteiger partial charge in [0.2, 0.25) is 0 Å². The number of anilines is 1. The Morgan fingerprint density at radius 2 is 1.77 bits per heavy atom. The van der Waals surface area contributed by atoms with Gasteiger partial charge in [-0.1, -0.05) is 0 Å². The molecule has 3 rings (SSSR count). The van der Waals surface area contributed by atoms with E-state index in [2.05, 4.69) is 10.6 Å². The van der Waals surface area contributed by atoms with Gasteiger partial charge in [0, 0.05) is 18.3 Å². The summed E-state index contributed by atoms with van der Waals surface area (Å²) in [5.41, 5.74) is -0.286. The Balaban J connectivity index is 1.62. The van der Waals surface area contributed by atoms with E-state index in [1.807, 2.05) is 0 Å². The van der Waals surface area contributed by atoms with Gasteiger partial charge in [0.1, 0.15) is 19.0 Å². The van der Waals surface area contributed by atoms with Crippen molar-refractivity contribution in [3.8, 4) is 11.5 Å². The molecule has 0 saturated heterocycles. The fourth-order valence-corrected chi connectivity index (χ4v) is 2.58. The summed E-state index contributed by atoms with van der Waals surface area (Å²) in [4.78, 5) is 0. The van der Waals surface area contributed by atoms with Gasteiger partial charge in [0.05, 0.1) is 5.56 Å². The van der Waals surface area contributed by atoms with Crippen LogP contribution in [0.5, 0.6) is 11.5 Å². The Bertz CT molecular complexity index is 827. The predicted octanol–water partition coefficient (Wildman–Crippen LogP) is 4.10. The van der Waals surface area contributed by atoms with E-state index in [0.29, 0.717) is 36.5 Å². The Hall–Kier alpha value is -2.55. The number of alkyl halides is 3. The van der Waals surface area contributed by atoms with Crippen molar-refractivity contribution >= 4 is 23.0 Å². The molecular weight excluding hydrogens is 372 g/mol.